The van der Waals surface area contributed by atoms with Crippen molar-refractivity contribution in [1.29, 1.82) is 0 Å². The third-order valence-corrected chi connectivity index (χ3v) is 3.90. The van der Waals surface area contributed by atoms with Gasteiger partial charge in [0.1, 0.15) is 0 Å². The molecule has 0 bridgehead atoms. The topological polar surface area (TPSA) is 66.9 Å². The number of carbonyl (C=O) groups excluding carboxylic acids is 1. The molecule has 1 heterocycles. The Bertz CT molecular complexity index is 888. The molecular weight excluding hydrogens is 312 g/mol. The summed E-state index contributed by atoms with van der Waals surface area (Å²) in [5.74, 6) is 1.10. The molecule has 1 amide bonds. The molecule has 0 aliphatic carbocycles. The maximum absolute atomic E-state index is 11.8. The average Bonchev–Trinajstić information content (AvgIpc) is 2.58. The molecule has 5 nitrogen and oxygen atoms in total. The molecule has 0 unspecified atom stereocenters. The van der Waals surface area contributed by atoms with Gasteiger partial charge in [-0.25, -0.2) is 0 Å². The minimum Gasteiger partial charge on any atom is -0.338 e. The normalized spacial score (nSPS) is 10.9. The fourth-order valence-corrected chi connectivity index (χ4v) is 2.69. The first-order valence-corrected chi connectivity index (χ1v) is 8.42. The molecule has 0 spiro atoms. The molecule has 0 atom stereocenters. The second kappa shape index (κ2) is 7.30. The smallest absolute Gasteiger partial charge is 0.224 e. The van der Waals surface area contributed by atoms with Crippen LogP contribution in [0.4, 0.5) is 17.2 Å². The Morgan fingerprint density at radius 1 is 0.960 bits per heavy atom. The van der Waals surface area contributed by atoms with Crippen molar-refractivity contribution < 1.29 is 4.79 Å². The summed E-state index contributed by atoms with van der Waals surface area (Å²) in [5.41, 5.74) is 2.59. The molecule has 2 N–H and O–H groups in total. The van der Waals surface area contributed by atoms with E-state index in [9.17, 15) is 4.79 Å². The quantitative estimate of drug-likeness (QED) is 0.712. The average molecular weight is 334 g/mol. The monoisotopic (exact) mass is 334 g/mol. The lowest BCUT2D eigenvalue weighted by molar-refractivity contribution is -0.116. The van der Waals surface area contributed by atoms with Gasteiger partial charge in [0, 0.05) is 28.6 Å². The first-order chi connectivity index (χ1) is 12.0. The summed E-state index contributed by atoms with van der Waals surface area (Å²) in [6.45, 7) is 6.01. The van der Waals surface area contributed by atoms with Crippen molar-refractivity contribution in [3.05, 3.63) is 54.2 Å². The van der Waals surface area contributed by atoms with E-state index in [1.807, 2.05) is 69.3 Å². The lowest BCUT2D eigenvalue weighted by Gasteiger charge is -2.11. The molecule has 25 heavy (non-hydrogen) atoms. The Balaban J connectivity index is 1.76. The summed E-state index contributed by atoms with van der Waals surface area (Å²) in [6.07, 6.45) is 0.519. The van der Waals surface area contributed by atoms with Gasteiger partial charge in [-0.05, 0) is 37.1 Å². The molecule has 0 aliphatic heterocycles. The van der Waals surface area contributed by atoms with Gasteiger partial charge in [0.2, 0.25) is 5.91 Å². The third-order valence-electron chi connectivity index (χ3n) is 3.90. The van der Waals surface area contributed by atoms with Crippen LogP contribution in [0, 0.1) is 12.8 Å². The van der Waals surface area contributed by atoms with Crippen LogP contribution in [0.2, 0.25) is 0 Å². The largest absolute Gasteiger partial charge is 0.338 e. The summed E-state index contributed by atoms with van der Waals surface area (Å²) < 4.78 is 0. The number of carbonyl (C=O) groups is 1. The number of rotatable bonds is 5. The predicted octanol–water partition coefficient (Wildman–Crippen LogP) is 4.67. The van der Waals surface area contributed by atoms with Crippen molar-refractivity contribution in [1.82, 2.24) is 10.2 Å². The van der Waals surface area contributed by atoms with E-state index >= 15 is 0 Å². The Kier molecular flexibility index (Phi) is 4.93. The highest BCUT2D eigenvalue weighted by Gasteiger charge is 2.08. The zero-order chi connectivity index (χ0) is 17.8. The lowest BCUT2D eigenvalue weighted by Crippen LogP contribution is -2.13. The van der Waals surface area contributed by atoms with Crippen LogP contribution in [0.5, 0.6) is 0 Å². The fraction of sp³-hybridized carbons (Fsp3) is 0.250. The van der Waals surface area contributed by atoms with Crippen molar-refractivity contribution in [3.8, 4) is 0 Å². The molecule has 3 aromatic rings. The fourth-order valence-electron chi connectivity index (χ4n) is 2.69. The summed E-state index contributed by atoms with van der Waals surface area (Å²) in [4.78, 5) is 11.8. The number of anilines is 3. The first-order valence-electron chi connectivity index (χ1n) is 8.42. The van der Waals surface area contributed by atoms with Gasteiger partial charge in [-0.1, -0.05) is 38.1 Å². The van der Waals surface area contributed by atoms with Crippen molar-refractivity contribution in [3.63, 3.8) is 0 Å². The van der Waals surface area contributed by atoms with Gasteiger partial charge in [0.05, 0.1) is 5.69 Å². The van der Waals surface area contributed by atoms with Crippen molar-refractivity contribution in [2.75, 3.05) is 10.6 Å². The number of amides is 1. The maximum Gasteiger partial charge on any atom is 0.224 e. The van der Waals surface area contributed by atoms with Gasteiger partial charge in [-0.3, -0.25) is 4.79 Å². The van der Waals surface area contributed by atoms with Crippen LogP contribution in [-0.2, 0) is 4.79 Å². The van der Waals surface area contributed by atoms with Crippen LogP contribution >= 0.6 is 0 Å². The minimum absolute atomic E-state index is 0.0334. The van der Waals surface area contributed by atoms with Crippen LogP contribution < -0.4 is 10.6 Å². The second-order valence-electron chi connectivity index (χ2n) is 6.53. The second-order valence-corrected chi connectivity index (χ2v) is 6.53. The molecule has 0 saturated carbocycles. The van der Waals surface area contributed by atoms with Crippen LogP contribution in [-0.4, -0.2) is 16.1 Å². The van der Waals surface area contributed by atoms with Crippen molar-refractivity contribution >= 4 is 33.9 Å². The predicted molar refractivity (Wildman–Crippen MR) is 102 cm³/mol. The number of aromatic nitrogens is 2. The number of hydrogen-bond acceptors (Lipinski definition) is 4. The van der Waals surface area contributed by atoms with Crippen LogP contribution in [0.3, 0.4) is 0 Å². The van der Waals surface area contributed by atoms with E-state index < -0.39 is 0 Å². The van der Waals surface area contributed by atoms with E-state index in [4.69, 9.17) is 0 Å². The Labute approximate surface area is 147 Å². The highest BCUT2D eigenvalue weighted by atomic mass is 16.1. The summed E-state index contributed by atoms with van der Waals surface area (Å²) in [5, 5.41) is 16.8. The number of nitrogens with one attached hydrogen (secondary N) is 2. The Hall–Kier alpha value is -2.95. The van der Waals surface area contributed by atoms with Gasteiger partial charge in [-0.2, -0.15) is 5.10 Å². The highest BCUT2D eigenvalue weighted by molar-refractivity contribution is 5.94. The van der Waals surface area contributed by atoms with Gasteiger partial charge < -0.3 is 10.6 Å². The zero-order valence-corrected chi connectivity index (χ0v) is 14.7. The maximum atomic E-state index is 11.8. The molecule has 2 aromatic carbocycles. The minimum atomic E-state index is 0.0334. The molecule has 0 aliphatic rings. The van der Waals surface area contributed by atoms with E-state index in [-0.39, 0.29) is 5.91 Å². The summed E-state index contributed by atoms with van der Waals surface area (Å²) in [6, 6.07) is 15.6. The van der Waals surface area contributed by atoms with E-state index in [2.05, 4.69) is 20.8 Å². The molecule has 0 saturated heterocycles. The molecule has 1 aromatic heterocycles. The van der Waals surface area contributed by atoms with E-state index in [0.717, 1.165) is 33.7 Å². The Morgan fingerprint density at radius 3 is 2.28 bits per heavy atom. The summed E-state index contributed by atoms with van der Waals surface area (Å²) in [7, 11) is 0. The van der Waals surface area contributed by atoms with E-state index in [0.29, 0.717) is 12.3 Å². The standard InChI is InChI=1S/C20H22N4O/c1-13(2)12-19(25)21-15-8-10-16(11-9-15)22-20-18-7-5-4-6-17(18)14(3)23-24-20/h4-11,13H,12H2,1-3H3,(H,21,25)(H,22,24). The molecule has 3 rings (SSSR count). The van der Waals surface area contributed by atoms with Crippen LogP contribution in [0.15, 0.2) is 48.5 Å². The van der Waals surface area contributed by atoms with Crippen LogP contribution in [0.25, 0.3) is 10.8 Å². The number of nitrogens with zero attached hydrogens (tertiary/aromatic N) is 2. The third kappa shape index (κ3) is 4.12. The van der Waals surface area contributed by atoms with Crippen molar-refractivity contribution in [2.45, 2.75) is 27.2 Å². The van der Waals surface area contributed by atoms with Gasteiger partial charge >= 0.3 is 0 Å². The van der Waals surface area contributed by atoms with Crippen molar-refractivity contribution in [2.24, 2.45) is 5.92 Å². The number of fused-ring (bicyclic) bond motifs is 1. The van der Waals surface area contributed by atoms with E-state index in [1.165, 1.54) is 0 Å². The van der Waals surface area contributed by atoms with Crippen LogP contribution in [0.1, 0.15) is 26.0 Å². The number of hydrogen-bond donors (Lipinski definition) is 2. The zero-order valence-electron chi connectivity index (χ0n) is 14.7. The van der Waals surface area contributed by atoms with E-state index in [1.54, 1.807) is 0 Å². The lowest BCUT2D eigenvalue weighted by atomic mass is 10.1. The molecule has 0 fully saturated rings. The SMILES string of the molecule is Cc1nnc(Nc2ccc(NC(=O)CC(C)C)cc2)c2ccccc12. The Morgan fingerprint density at radius 2 is 1.60 bits per heavy atom. The highest BCUT2D eigenvalue weighted by Crippen LogP contribution is 2.25. The van der Waals surface area contributed by atoms with Gasteiger partial charge in [0.15, 0.2) is 5.82 Å². The molecule has 128 valence electrons. The summed E-state index contributed by atoms with van der Waals surface area (Å²) >= 11 is 0. The molecular formula is C20H22N4O. The number of benzene rings is 2. The molecule has 5 heteroatoms. The van der Waals surface area contributed by atoms with Gasteiger partial charge in [0.25, 0.3) is 0 Å². The first kappa shape index (κ1) is 16.9. The van der Waals surface area contributed by atoms with Gasteiger partial charge in [-0.15, -0.1) is 5.10 Å². The molecule has 0 radical (unpaired) electrons. The number of aryl methyl sites for hydroxylation is 1.